The third kappa shape index (κ3) is 4.16. The molecule has 2 aliphatic heterocycles. The summed E-state index contributed by atoms with van der Waals surface area (Å²) >= 11 is 0. The lowest BCUT2D eigenvalue weighted by atomic mass is 10.00. The van der Waals surface area contributed by atoms with Gasteiger partial charge in [0.2, 0.25) is 0 Å². The Kier molecular flexibility index (Phi) is 5.75. The van der Waals surface area contributed by atoms with Crippen LogP contribution in [0.15, 0.2) is 24.3 Å². The molecule has 0 spiro atoms. The molecular formula is C18H29N3O2. The van der Waals surface area contributed by atoms with E-state index < -0.39 is 0 Å². The molecular weight excluding hydrogens is 290 g/mol. The first-order valence-electron chi connectivity index (χ1n) is 8.76. The quantitative estimate of drug-likeness (QED) is 0.866. The molecule has 2 fully saturated rings. The Bertz CT molecular complexity index is 489. The molecule has 0 aromatic heterocycles. The van der Waals surface area contributed by atoms with Gasteiger partial charge < -0.3 is 25.4 Å². The van der Waals surface area contributed by atoms with Crippen molar-refractivity contribution in [2.45, 2.75) is 43.9 Å². The first-order valence-corrected chi connectivity index (χ1v) is 8.76. The predicted octanol–water partition coefficient (Wildman–Crippen LogP) is 1.76. The zero-order valence-electron chi connectivity index (χ0n) is 14.0. The second kappa shape index (κ2) is 7.99. The molecule has 3 rings (SSSR count). The van der Waals surface area contributed by atoms with E-state index >= 15 is 0 Å². The number of para-hydroxylation sites is 2. The number of nitrogens with zero attached hydrogens (tertiary/aromatic N) is 1. The second-order valence-corrected chi connectivity index (χ2v) is 6.56. The summed E-state index contributed by atoms with van der Waals surface area (Å²) in [4.78, 5) is 2.39. The second-order valence-electron chi connectivity index (χ2n) is 6.56. The van der Waals surface area contributed by atoms with E-state index in [1.165, 1.54) is 12.1 Å². The van der Waals surface area contributed by atoms with Crippen molar-refractivity contribution in [3.63, 3.8) is 0 Å². The largest absolute Gasteiger partial charge is 0.495 e. The van der Waals surface area contributed by atoms with E-state index in [2.05, 4.69) is 22.3 Å². The summed E-state index contributed by atoms with van der Waals surface area (Å²) in [5.41, 5.74) is 7.34. The summed E-state index contributed by atoms with van der Waals surface area (Å²) in [5.74, 6) is 0.948. The highest BCUT2D eigenvalue weighted by Gasteiger charge is 2.25. The van der Waals surface area contributed by atoms with Crippen molar-refractivity contribution in [2.24, 2.45) is 5.73 Å². The number of benzene rings is 1. The highest BCUT2D eigenvalue weighted by atomic mass is 16.5. The van der Waals surface area contributed by atoms with E-state index in [0.717, 1.165) is 51.3 Å². The van der Waals surface area contributed by atoms with Crippen molar-refractivity contribution >= 4 is 5.69 Å². The van der Waals surface area contributed by atoms with Gasteiger partial charge in [-0.05, 0) is 44.4 Å². The molecule has 0 amide bonds. The van der Waals surface area contributed by atoms with Crippen LogP contribution in [0.2, 0.25) is 0 Å². The third-order valence-corrected chi connectivity index (χ3v) is 5.02. The maximum absolute atomic E-state index is 6.16. The highest BCUT2D eigenvalue weighted by Crippen LogP contribution is 2.30. The Morgan fingerprint density at radius 2 is 2.00 bits per heavy atom. The van der Waals surface area contributed by atoms with Gasteiger partial charge in [0.05, 0.1) is 25.5 Å². The molecule has 1 unspecified atom stereocenters. The van der Waals surface area contributed by atoms with Gasteiger partial charge in [0.25, 0.3) is 0 Å². The molecule has 2 atom stereocenters. The Hall–Kier alpha value is -1.30. The van der Waals surface area contributed by atoms with Crippen LogP contribution >= 0.6 is 0 Å². The van der Waals surface area contributed by atoms with Crippen molar-refractivity contribution in [3.8, 4) is 5.75 Å². The minimum atomic E-state index is 0.234. The van der Waals surface area contributed by atoms with Crippen molar-refractivity contribution < 1.29 is 9.47 Å². The predicted molar refractivity (Wildman–Crippen MR) is 93.2 cm³/mol. The van der Waals surface area contributed by atoms with E-state index in [0.29, 0.717) is 12.1 Å². The van der Waals surface area contributed by atoms with Crippen LogP contribution in [0.5, 0.6) is 5.75 Å². The van der Waals surface area contributed by atoms with Crippen LogP contribution in [0, 0.1) is 0 Å². The summed E-state index contributed by atoms with van der Waals surface area (Å²) in [6.45, 7) is 3.82. The van der Waals surface area contributed by atoms with Crippen LogP contribution in [-0.2, 0) is 4.74 Å². The highest BCUT2D eigenvalue weighted by molar-refractivity contribution is 5.58. The van der Waals surface area contributed by atoms with Gasteiger partial charge in [-0.15, -0.1) is 0 Å². The normalized spacial score (nSPS) is 26.3. The first-order chi connectivity index (χ1) is 11.3. The lowest BCUT2D eigenvalue weighted by molar-refractivity contribution is 0.0165. The molecule has 2 aliphatic rings. The van der Waals surface area contributed by atoms with E-state index in [1.807, 2.05) is 12.1 Å². The summed E-state index contributed by atoms with van der Waals surface area (Å²) in [6, 6.07) is 8.78. The van der Waals surface area contributed by atoms with Gasteiger partial charge in [0.15, 0.2) is 0 Å². The number of rotatable bonds is 5. The summed E-state index contributed by atoms with van der Waals surface area (Å²) < 4.78 is 11.6. The van der Waals surface area contributed by atoms with E-state index in [4.69, 9.17) is 15.2 Å². The number of hydrogen-bond acceptors (Lipinski definition) is 5. The molecule has 0 saturated carbocycles. The van der Waals surface area contributed by atoms with E-state index in [-0.39, 0.29) is 6.04 Å². The maximum atomic E-state index is 6.16. The lowest BCUT2D eigenvalue weighted by Crippen LogP contribution is -2.52. The minimum absolute atomic E-state index is 0.234. The summed E-state index contributed by atoms with van der Waals surface area (Å²) in [7, 11) is 1.73. The van der Waals surface area contributed by atoms with Gasteiger partial charge in [-0.3, -0.25) is 0 Å². The Morgan fingerprint density at radius 3 is 2.74 bits per heavy atom. The molecule has 0 bridgehead atoms. The molecule has 5 nitrogen and oxygen atoms in total. The van der Waals surface area contributed by atoms with Crippen LogP contribution in [0.1, 0.15) is 25.7 Å². The van der Waals surface area contributed by atoms with E-state index in [1.54, 1.807) is 7.11 Å². The maximum Gasteiger partial charge on any atom is 0.142 e. The number of piperidine rings is 2. The minimum Gasteiger partial charge on any atom is -0.495 e. The SMILES string of the molecule is COc1ccccc1N1CCC(OC[C@@H]2NCCCC2N)CC1. The van der Waals surface area contributed by atoms with Crippen LogP contribution in [0.3, 0.4) is 0 Å². The molecule has 2 saturated heterocycles. The Balaban J connectivity index is 1.47. The molecule has 5 heteroatoms. The molecule has 3 N–H and O–H groups in total. The average molecular weight is 319 g/mol. The van der Waals surface area contributed by atoms with Gasteiger partial charge >= 0.3 is 0 Å². The third-order valence-electron chi connectivity index (χ3n) is 5.02. The van der Waals surface area contributed by atoms with Gasteiger partial charge in [0, 0.05) is 25.2 Å². The van der Waals surface area contributed by atoms with Crippen molar-refractivity contribution in [1.29, 1.82) is 0 Å². The Labute approximate surface area is 139 Å². The number of ether oxygens (including phenoxy) is 2. The van der Waals surface area contributed by atoms with Crippen LogP contribution in [0.4, 0.5) is 5.69 Å². The monoisotopic (exact) mass is 319 g/mol. The molecule has 2 heterocycles. The smallest absolute Gasteiger partial charge is 0.142 e. The zero-order chi connectivity index (χ0) is 16.1. The number of nitrogens with two attached hydrogens (primary N) is 1. The van der Waals surface area contributed by atoms with Gasteiger partial charge in [-0.25, -0.2) is 0 Å². The molecule has 1 aromatic rings. The van der Waals surface area contributed by atoms with Crippen molar-refractivity contribution in [3.05, 3.63) is 24.3 Å². The van der Waals surface area contributed by atoms with Crippen LogP contribution < -0.4 is 20.7 Å². The average Bonchev–Trinajstić information content (AvgIpc) is 2.61. The van der Waals surface area contributed by atoms with Crippen LogP contribution in [0.25, 0.3) is 0 Å². The summed E-state index contributed by atoms with van der Waals surface area (Å²) in [6.07, 6.45) is 4.74. The lowest BCUT2D eigenvalue weighted by Gasteiger charge is -2.36. The molecule has 23 heavy (non-hydrogen) atoms. The van der Waals surface area contributed by atoms with Gasteiger partial charge in [-0.2, -0.15) is 0 Å². The fourth-order valence-electron chi connectivity index (χ4n) is 3.55. The number of hydrogen-bond donors (Lipinski definition) is 2. The molecule has 128 valence electrons. The van der Waals surface area contributed by atoms with Crippen molar-refractivity contribution in [2.75, 3.05) is 38.3 Å². The molecule has 1 aromatic carbocycles. The first kappa shape index (κ1) is 16.6. The number of anilines is 1. The van der Waals surface area contributed by atoms with Crippen molar-refractivity contribution in [1.82, 2.24) is 5.32 Å². The molecule has 0 radical (unpaired) electrons. The topological polar surface area (TPSA) is 59.8 Å². The van der Waals surface area contributed by atoms with E-state index in [9.17, 15) is 0 Å². The van der Waals surface area contributed by atoms with Gasteiger partial charge in [-0.1, -0.05) is 12.1 Å². The number of methoxy groups -OCH3 is 1. The fourth-order valence-corrected chi connectivity index (χ4v) is 3.55. The number of nitrogens with one attached hydrogen (secondary N) is 1. The Morgan fingerprint density at radius 1 is 1.22 bits per heavy atom. The fraction of sp³-hybridized carbons (Fsp3) is 0.667. The standard InChI is InChI=1S/C18H29N3O2/c1-22-18-7-3-2-6-17(18)21-11-8-14(9-12-21)23-13-16-15(19)5-4-10-20-16/h2-3,6-7,14-16,20H,4-5,8-13,19H2,1H3/t15?,16-/m0/s1. The van der Waals surface area contributed by atoms with Gasteiger partial charge in [0.1, 0.15) is 5.75 Å². The summed E-state index contributed by atoms with van der Waals surface area (Å²) in [5, 5.41) is 3.48. The molecule has 0 aliphatic carbocycles. The zero-order valence-corrected chi connectivity index (χ0v) is 14.0. The van der Waals surface area contributed by atoms with Crippen LogP contribution in [-0.4, -0.2) is 51.5 Å².